The number of aryl methyl sites for hydroxylation is 2. The van der Waals surface area contributed by atoms with Crippen molar-refractivity contribution in [2.24, 2.45) is 0 Å². The molecule has 6 aromatic carbocycles. The molecule has 6 aromatic rings. The van der Waals surface area contributed by atoms with E-state index in [-0.39, 0.29) is 66.0 Å². The topological polar surface area (TPSA) is 160 Å². The SMILES string of the molecule is C.CNc1ccc(C)c(NC(=O)c2ccc(Oc3ccc(C(=O)Nc4cc(NC(=O)c5cccc(C(C)=O)c5)ccc4C)cc3)cc2)c1.I.O=C(Cl)c1cccc(C(=O)Cl)c1. The molecule has 0 unspecified atom stereocenters. The highest BCUT2D eigenvalue weighted by Crippen LogP contribution is 2.26. The molecule has 0 atom stereocenters. The molecule has 0 spiro atoms. The number of rotatable bonds is 12. The van der Waals surface area contributed by atoms with Crippen LogP contribution in [0.3, 0.4) is 0 Å². The molecule has 0 saturated carbocycles. The summed E-state index contributed by atoms with van der Waals surface area (Å²) in [6.07, 6.45) is 0. The standard InChI is InChI=1S/C38H34N4O5.C8H4Cl2O2.CH4.HI/c1-23-8-14-30(39-4)21-34(23)41-36(44)26-10-16-32(17-11-26)47-33-18-12-27(13-19-33)37(45)42-35-22-31(15-9-24(35)2)40-38(46)29-7-5-6-28(20-29)25(3)43;9-7(11)5-2-1-3-6(4-5)8(10)12;;/h5-22,39H,1-4H3,(H,40,46)(H,41,44)(H,42,45);1-4H;1H4;1H. The van der Waals surface area contributed by atoms with Crippen molar-refractivity contribution in [2.75, 3.05) is 28.3 Å². The average molecular weight is 974 g/mol. The first kappa shape index (κ1) is 49.0. The van der Waals surface area contributed by atoms with Gasteiger partial charge < -0.3 is 26.0 Å². The zero-order chi connectivity index (χ0) is 42.6. The minimum absolute atomic E-state index is 0. The number of hydrogen-bond donors (Lipinski definition) is 4. The zero-order valence-corrected chi connectivity index (χ0v) is 36.6. The third-order valence-electron chi connectivity index (χ3n) is 8.83. The maximum absolute atomic E-state index is 13.1. The first-order valence-electron chi connectivity index (χ1n) is 18.0. The van der Waals surface area contributed by atoms with E-state index >= 15 is 0 Å². The van der Waals surface area contributed by atoms with Crippen LogP contribution in [0.25, 0.3) is 0 Å². The van der Waals surface area contributed by atoms with Gasteiger partial charge in [0.1, 0.15) is 11.5 Å². The second kappa shape index (κ2) is 22.9. The van der Waals surface area contributed by atoms with Gasteiger partial charge in [0.15, 0.2) is 5.78 Å². The normalized spacial score (nSPS) is 9.93. The number of carbonyl (C=O) groups excluding carboxylic acids is 6. The van der Waals surface area contributed by atoms with E-state index < -0.39 is 10.5 Å². The average Bonchev–Trinajstić information content (AvgIpc) is 3.23. The summed E-state index contributed by atoms with van der Waals surface area (Å²) in [5, 5.41) is 10.5. The van der Waals surface area contributed by atoms with Crippen molar-refractivity contribution in [3.05, 3.63) is 178 Å². The van der Waals surface area contributed by atoms with Gasteiger partial charge in [0.2, 0.25) is 0 Å². The van der Waals surface area contributed by atoms with E-state index in [1.54, 1.807) is 97.1 Å². The number of anilines is 4. The van der Waals surface area contributed by atoms with Crippen LogP contribution in [-0.2, 0) is 0 Å². The minimum Gasteiger partial charge on any atom is -0.457 e. The lowest BCUT2D eigenvalue weighted by molar-refractivity contribution is 0.101. The van der Waals surface area contributed by atoms with Crippen LogP contribution in [0, 0.1) is 13.8 Å². The van der Waals surface area contributed by atoms with Crippen molar-refractivity contribution < 1.29 is 33.5 Å². The Morgan fingerprint density at radius 1 is 0.475 bits per heavy atom. The minimum atomic E-state index is -0.602. The second-order valence-electron chi connectivity index (χ2n) is 13.1. The van der Waals surface area contributed by atoms with Gasteiger partial charge in [0, 0.05) is 63.2 Å². The monoisotopic (exact) mass is 972 g/mol. The van der Waals surface area contributed by atoms with Gasteiger partial charge in [-0.25, -0.2) is 0 Å². The Kier molecular flexibility index (Phi) is 18.4. The van der Waals surface area contributed by atoms with Crippen LogP contribution in [0.4, 0.5) is 22.7 Å². The molecule has 0 aliphatic carbocycles. The highest BCUT2D eigenvalue weighted by Gasteiger charge is 2.14. The van der Waals surface area contributed by atoms with Crippen molar-refractivity contribution in [2.45, 2.75) is 28.2 Å². The van der Waals surface area contributed by atoms with E-state index in [1.807, 2.05) is 39.1 Å². The molecule has 0 heterocycles. The summed E-state index contributed by atoms with van der Waals surface area (Å²) < 4.78 is 5.93. The van der Waals surface area contributed by atoms with Gasteiger partial charge in [-0.2, -0.15) is 0 Å². The van der Waals surface area contributed by atoms with Crippen molar-refractivity contribution in [3.63, 3.8) is 0 Å². The van der Waals surface area contributed by atoms with Gasteiger partial charge in [0.05, 0.1) is 0 Å². The molecule has 0 aliphatic heterocycles. The molecule has 314 valence electrons. The number of carbonyl (C=O) groups is 6. The Labute approximate surface area is 381 Å². The molecular formula is C47H43Cl2IN4O7. The number of ketones is 1. The van der Waals surface area contributed by atoms with Crippen LogP contribution >= 0.6 is 47.2 Å². The number of ether oxygens (including phenoxy) is 1. The van der Waals surface area contributed by atoms with E-state index in [0.29, 0.717) is 45.1 Å². The van der Waals surface area contributed by atoms with Gasteiger partial charge >= 0.3 is 0 Å². The van der Waals surface area contributed by atoms with Gasteiger partial charge in [-0.1, -0.05) is 49.9 Å². The Morgan fingerprint density at radius 3 is 1.31 bits per heavy atom. The molecule has 0 aliphatic rings. The molecule has 61 heavy (non-hydrogen) atoms. The largest absolute Gasteiger partial charge is 0.457 e. The van der Waals surface area contributed by atoms with E-state index in [1.165, 1.54) is 25.1 Å². The summed E-state index contributed by atoms with van der Waals surface area (Å²) in [7, 11) is 1.82. The molecule has 0 bridgehead atoms. The van der Waals surface area contributed by atoms with Gasteiger partial charge in [-0.05, 0) is 146 Å². The number of hydrogen-bond acceptors (Lipinski definition) is 8. The third kappa shape index (κ3) is 13.9. The molecule has 0 radical (unpaired) electrons. The molecule has 11 nitrogen and oxygen atoms in total. The van der Waals surface area contributed by atoms with Gasteiger partial charge in [0.25, 0.3) is 28.2 Å². The van der Waals surface area contributed by atoms with Crippen LogP contribution in [0.2, 0.25) is 0 Å². The van der Waals surface area contributed by atoms with Gasteiger partial charge in [-0.15, -0.1) is 24.0 Å². The maximum Gasteiger partial charge on any atom is 0.255 e. The maximum atomic E-state index is 13.1. The van der Waals surface area contributed by atoms with Crippen LogP contribution in [0.15, 0.2) is 133 Å². The van der Waals surface area contributed by atoms with Crippen molar-refractivity contribution in [1.82, 2.24) is 0 Å². The fraction of sp³-hybridized carbons (Fsp3) is 0.106. The molecule has 14 heteroatoms. The summed E-state index contributed by atoms with van der Waals surface area (Å²) in [5.74, 6) is 0.00235. The Balaban J connectivity index is 0.000000612. The summed E-state index contributed by atoms with van der Waals surface area (Å²) in [6, 6.07) is 36.9. The number of nitrogens with one attached hydrogen (secondary N) is 4. The van der Waals surface area contributed by atoms with Crippen molar-refractivity contribution in [3.8, 4) is 11.5 Å². The fourth-order valence-electron chi connectivity index (χ4n) is 5.47. The predicted molar refractivity (Wildman–Crippen MR) is 254 cm³/mol. The lowest BCUT2D eigenvalue weighted by Crippen LogP contribution is -2.15. The lowest BCUT2D eigenvalue weighted by Gasteiger charge is -2.13. The number of amides is 3. The summed E-state index contributed by atoms with van der Waals surface area (Å²) >= 11 is 10.4. The molecule has 0 aromatic heterocycles. The fourth-order valence-corrected chi connectivity index (χ4v) is 5.70. The van der Waals surface area contributed by atoms with Crippen LogP contribution < -0.4 is 26.0 Å². The van der Waals surface area contributed by atoms with E-state index in [0.717, 1.165) is 22.5 Å². The Hall–Kier alpha value is -6.35. The Morgan fingerprint density at radius 2 is 0.869 bits per heavy atom. The van der Waals surface area contributed by atoms with Crippen LogP contribution in [0.5, 0.6) is 11.5 Å². The summed E-state index contributed by atoms with van der Waals surface area (Å²) in [6.45, 7) is 5.23. The quantitative estimate of drug-likeness (QED) is 0.0536. The first-order valence-corrected chi connectivity index (χ1v) is 18.8. The molecule has 4 N–H and O–H groups in total. The second-order valence-corrected chi connectivity index (χ2v) is 13.8. The molecule has 0 saturated heterocycles. The number of Topliss-reactive ketones (excluding diaryl/α,β-unsaturated/α-hetero) is 1. The highest BCUT2D eigenvalue weighted by atomic mass is 127. The highest BCUT2D eigenvalue weighted by molar-refractivity contribution is 14.0. The molecule has 6 rings (SSSR count). The zero-order valence-electron chi connectivity index (χ0n) is 32.7. The molecule has 0 fully saturated rings. The van der Waals surface area contributed by atoms with Crippen LogP contribution in [-0.4, -0.2) is 41.0 Å². The van der Waals surface area contributed by atoms with Crippen molar-refractivity contribution in [1.29, 1.82) is 0 Å². The first-order chi connectivity index (χ1) is 28.2. The smallest absolute Gasteiger partial charge is 0.255 e. The van der Waals surface area contributed by atoms with E-state index in [4.69, 9.17) is 27.9 Å². The van der Waals surface area contributed by atoms with Crippen LogP contribution in [0.1, 0.15) is 87.6 Å². The summed E-state index contributed by atoms with van der Waals surface area (Å²) in [5.41, 5.74) is 6.68. The predicted octanol–water partition coefficient (Wildman–Crippen LogP) is 11.8. The van der Waals surface area contributed by atoms with Gasteiger partial charge in [-0.3, -0.25) is 28.8 Å². The third-order valence-corrected chi connectivity index (χ3v) is 9.27. The number of benzene rings is 6. The van der Waals surface area contributed by atoms with E-state index in [2.05, 4.69) is 21.3 Å². The summed E-state index contributed by atoms with van der Waals surface area (Å²) in [4.78, 5) is 71.6. The molecule has 3 amide bonds. The van der Waals surface area contributed by atoms with Crippen molar-refractivity contribution >= 4 is 104 Å². The lowest BCUT2D eigenvalue weighted by atomic mass is 10.1. The number of halogens is 3. The molecular weight excluding hydrogens is 930 g/mol. The van der Waals surface area contributed by atoms with E-state index in [9.17, 15) is 28.8 Å². The Bertz CT molecular complexity index is 2540.